The number of hydrogen-bond donors (Lipinski definition) is 1. The van der Waals surface area contributed by atoms with Crippen molar-refractivity contribution in [3.63, 3.8) is 0 Å². The molecule has 0 bridgehead atoms. The van der Waals surface area contributed by atoms with Gasteiger partial charge in [-0.15, -0.1) is 22.7 Å². The van der Waals surface area contributed by atoms with Gasteiger partial charge in [0.05, 0.1) is 6.61 Å². The molecule has 0 aliphatic rings. The molecule has 19 heavy (non-hydrogen) atoms. The molecule has 4 nitrogen and oxygen atoms in total. The first-order valence-electron chi connectivity index (χ1n) is 5.72. The van der Waals surface area contributed by atoms with Crippen molar-refractivity contribution in [1.29, 1.82) is 0 Å². The highest BCUT2D eigenvalue weighted by Crippen LogP contribution is 2.24. The predicted octanol–water partition coefficient (Wildman–Crippen LogP) is 2.17. The normalized spacial score (nSPS) is 12.2. The summed E-state index contributed by atoms with van der Waals surface area (Å²) in [6.07, 6.45) is 0.714. The van der Waals surface area contributed by atoms with Crippen molar-refractivity contribution in [1.82, 2.24) is 4.31 Å². The number of aliphatic hydroxyl groups excluding tert-OH is 1. The van der Waals surface area contributed by atoms with Crippen LogP contribution in [-0.4, -0.2) is 31.4 Å². The zero-order valence-corrected chi connectivity index (χ0v) is 12.9. The lowest BCUT2D eigenvalue weighted by Gasteiger charge is -2.15. The summed E-state index contributed by atoms with van der Waals surface area (Å²) in [7, 11) is -1.85. The summed E-state index contributed by atoms with van der Waals surface area (Å²) in [6, 6.07) is 7.15. The fourth-order valence-electron chi connectivity index (χ4n) is 1.58. The van der Waals surface area contributed by atoms with Gasteiger partial charge >= 0.3 is 0 Å². The molecule has 2 aromatic heterocycles. The SMILES string of the molecule is CN(CCc1cccs1)S(=O)(=O)c1ccc(CO)s1. The van der Waals surface area contributed by atoms with Crippen LogP contribution in [0.1, 0.15) is 9.75 Å². The predicted molar refractivity (Wildman–Crippen MR) is 78.1 cm³/mol. The molecule has 0 unspecified atom stereocenters. The average molecular weight is 317 g/mol. The highest BCUT2D eigenvalue weighted by atomic mass is 32.2. The van der Waals surface area contributed by atoms with Crippen LogP contribution in [0.5, 0.6) is 0 Å². The number of aliphatic hydroxyl groups is 1. The summed E-state index contributed by atoms with van der Waals surface area (Å²) >= 11 is 2.74. The number of nitrogens with zero attached hydrogens (tertiary/aromatic N) is 1. The van der Waals surface area contributed by atoms with Crippen LogP contribution in [0.15, 0.2) is 33.9 Å². The minimum Gasteiger partial charge on any atom is -0.391 e. The van der Waals surface area contributed by atoms with Crippen molar-refractivity contribution >= 4 is 32.7 Å². The lowest BCUT2D eigenvalue weighted by Crippen LogP contribution is -2.28. The fraction of sp³-hybridized carbons (Fsp3) is 0.333. The highest BCUT2D eigenvalue weighted by molar-refractivity contribution is 7.91. The van der Waals surface area contributed by atoms with Crippen LogP contribution in [0.4, 0.5) is 0 Å². The Morgan fingerprint density at radius 2 is 2.05 bits per heavy atom. The van der Waals surface area contributed by atoms with Crippen LogP contribution in [0, 0.1) is 0 Å². The van der Waals surface area contributed by atoms with Gasteiger partial charge in [0.1, 0.15) is 4.21 Å². The number of thiophene rings is 2. The Bertz CT molecular complexity index is 616. The maximum atomic E-state index is 12.3. The molecule has 2 aromatic rings. The van der Waals surface area contributed by atoms with E-state index in [1.807, 2.05) is 17.5 Å². The third kappa shape index (κ3) is 3.43. The average Bonchev–Trinajstić information content (AvgIpc) is 3.06. The molecule has 0 saturated carbocycles. The van der Waals surface area contributed by atoms with Crippen LogP contribution in [0.3, 0.4) is 0 Å². The second-order valence-electron chi connectivity index (χ2n) is 4.03. The molecule has 0 radical (unpaired) electrons. The van der Waals surface area contributed by atoms with Crippen molar-refractivity contribution in [3.05, 3.63) is 39.4 Å². The van der Waals surface area contributed by atoms with E-state index < -0.39 is 10.0 Å². The van der Waals surface area contributed by atoms with Crippen molar-refractivity contribution in [2.45, 2.75) is 17.2 Å². The molecule has 0 fully saturated rings. The van der Waals surface area contributed by atoms with Gasteiger partial charge in [-0.25, -0.2) is 8.42 Å². The van der Waals surface area contributed by atoms with E-state index in [4.69, 9.17) is 5.11 Å². The first kappa shape index (κ1) is 14.7. The fourth-order valence-corrected chi connectivity index (χ4v) is 4.87. The monoisotopic (exact) mass is 317 g/mol. The third-order valence-corrected chi connectivity index (χ3v) is 7.04. The Morgan fingerprint density at radius 3 is 2.63 bits per heavy atom. The molecule has 0 atom stereocenters. The molecule has 0 aromatic carbocycles. The topological polar surface area (TPSA) is 57.6 Å². The summed E-state index contributed by atoms with van der Waals surface area (Å²) in [4.78, 5) is 1.83. The second kappa shape index (κ2) is 6.15. The summed E-state index contributed by atoms with van der Waals surface area (Å²) in [5, 5.41) is 11.0. The molecule has 104 valence electrons. The van der Waals surface area contributed by atoms with Crippen LogP contribution in [0.2, 0.25) is 0 Å². The molecule has 0 saturated heterocycles. The maximum absolute atomic E-state index is 12.3. The van der Waals surface area contributed by atoms with E-state index in [1.54, 1.807) is 30.5 Å². The van der Waals surface area contributed by atoms with Gasteiger partial charge in [-0.3, -0.25) is 0 Å². The van der Waals surface area contributed by atoms with Crippen LogP contribution >= 0.6 is 22.7 Å². The molecular weight excluding hydrogens is 302 g/mol. The summed E-state index contributed by atoms with van der Waals surface area (Å²) in [5.41, 5.74) is 0. The number of likely N-dealkylation sites (N-methyl/N-ethyl adjacent to an activating group) is 1. The van der Waals surface area contributed by atoms with Crippen LogP contribution in [0.25, 0.3) is 0 Å². The van der Waals surface area contributed by atoms with Crippen molar-refractivity contribution < 1.29 is 13.5 Å². The van der Waals surface area contributed by atoms with Crippen molar-refractivity contribution in [3.8, 4) is 0 Å². The summed E-state index contributed by atoms with van der Waals surface area (Å²) in [5.74, 6) is 0. The molecule has 1 N–H and O–H groups in total. The van der Waals surface area contributed by atoms with E-state index in [9.17, 15) is 8.42 Å². The Balaban J connectivity index is 2.06. The first-order chi connectivity index (χ1) is 9.04. The lowest BCUT2D eigenvalue weighted by molar-refractivity contribution is 0.285. The van der Waals surface area contributed by atoms with Gasteiger partial charge in [0.15, 0.2) is 0 Å². The molecular formula is C12H15NO3S3. The van der Waals surface area contributed by atoms with Gasteiger partial charge in [0.2, 0.25) is 0 Å². The Hall–Kier alpha value is -0.730. The van der Waals surface area contributed by atoms with E-state index in [2.05, 4.69) is 0 Å². The maximum Gasteiger partial charge on any atom is 0.252 e. The standard InChI is InChI=1S/C12H15NO3S3/c1-13(7-6-10-3-2-8-17-10)19(15,16)12-5-4-11(9-14)18-12/h2-5,8,14H,6-7,9H2,1H3. The lowest BCUT2D eigenvalue weighted by atomic mass is 10.3. The van der Waals surface area contributed by atoms with Gasteiger partial charge in [-0.05, 0) is 30.0 Å². The number of hydrogen-bond acceptors (Lipinski definition) is 5. The van der Waals surface area contributed by atoms with Crippen LogP contribution in [-0.2, 0) is 23.1 Å². The first-order valence-corrected chi connectivity index (χ1v) is 8.86. The molecule has 0 amide bonds. The zero-order chi connectivity index (χ0) is 13.9. The van der Waals surface area contributed by atoms with Gasteiger partial charge in [0.25, 0.3) is 10.0 Å². The largest absolute Gasteiger partial charge is 0.391 e. The van der Waals surface area contributed by atoms with E-state index in [0.29, 0.717) is 17.8 Å². The summed E-state index contributed by atoms with van der Waals surface area (Å²) < 4.78 is 26.2. The molecule has 2 rings (SSSR count). The van der Waals surface area contributed by atoms with Gasteiger partial charge < -0.3 is 5.11 Å². The number of rotatable bonds is 6. The Kier molecular flexibility index (Phi) is 4.75. The zero-order valence-electron chi connectivity index (χ0n) is 10.4. The Labute approximate surface area is 121 Å². The summed E-state index contributed by atoms with van der Waals surface area (Å²) in [6.45, 7) is 0.328. The van der Waals surface area contributed by atoms with Gasteiger partial charge in [0, 0.05) is 23.3 Å². The van der Waals surface area contributed by atoms with E-state index in [0.717, 1.165) is 11.3 Å². The van der Waals surface area contributed by atoms with Gasteiger partial charge in [-0.2, -0.15) is 4.31 Å². The molecule has 0 aliphatic heterocycles. The van der Waals surface area contributed by atoms with Crippen LogP contribution < -0.4 is 0 Å². The molecule has 0 aliphatic carbocycles. The minimum atomic E-state index is -3.44. The number of sulfonamides is 1. The van der Waals surface area contributed by atoms with E-state index in [1.165, 1.54) is 9.18 Å². The van der Waals surface area contributed by atoms with E-state index >= 15 is 0 Å². The Morgan fingerprint density at radius 1 is 1.26 bits per heavy atom. The smallest absolute Gasteiger partial charge is 0.252 e. The molecule has 0 spiro atoms. The van der Waals surface area contributed by atoms with Gasteiger partial charge in [-0.1, -0.05) is 6.07 Å². The quantitative estimate of drug-likeness (QED) is 0.888. The molecule has 7 heteroatoms. The minimum absolute atomic E-state index is 0.126. The van der Waals surface area contributed by atoms with Crippen molar-refractivity contribution in [2.24, 2.45) is 0 Å². The third-order valence-electron chi connectivity index (χ3n) is 2.71. The van der Waals surface area contributed by atoms with Crippen molar-refractivity contribution in [2.75, 3.05) is 13.6 Å². The second-order valence-corrected chi connectivity index (χ2v) is 8.51. The van der Waals surface area contributed by atoms with E-state index in [-0.39, 0.29) is 10.8 Å². The highest BCUT2D eigenvalue weighted by Gasteiger charge is 2.22. The molecule has 2 heterocycles.